The standard InChI is InChI=1S/C20H23NO2/c1-23-20(22)19(18-9-5-6-14-21-18)17-12-10-16(11-13-17)15-7-3-2-4-8-15/h2-4,7-8,10-13,18-19,21H,5-6,9,14H2,1H3/t18-,19-/m0/s1. The smallest absolute Gasteiger partial charge is 0.314 e. The lowest BCUT2D eigenvalue weighted by molar-refractivity contribution is -0.143. The quantitative estimate of drug-likeness (QED) is 0.874. The summed E-state index contributed by atoms with van der Waals surface area (Å²) in [7, 11) is 1.47. The highest BCUT2D eigenvalue weighted by Gasteiger charge is 2.31. The maximum absolute atomic E-state index is 12.3. The molecule has 3 heteroatoms. The fraction of sp³-hybridized carbons (Fsp3) is 0.350. The zero-order chi connectivity index (χ0) is 16.1. The molecule has 1 aliphatic heterocycles. The number of hydrogen-bond donors (Lipinski definition) is 1. The number of esters is 1. The number of piperidine rings is 1. The molecule has 1 heterocycles. The first-order chi connectivity index (χ1) is 11.3. The van der Waals surface area contributed by atoms with Crippen LogP contribution in [0.4, 0.5) is 0 Å². The molecule has 23 heavy (non-hydrogen) atoms. The zero-order valence-corrected chi connectivity index (χ0v) is 13.5. The van der Waals surface area contributed by atoms with Crippen molar-refractivity contribution in [3.8, 4) is 11.1 Å². The Labute approximate surface area is 137 Å². The van der Waals surface area contributed by atoms with Gasteiger partial charge in [0.1, 0.15) is 0 Å². The molecule has 3 nitrogen and oxygen atoms in total. The lowest BCUT2D eigenvalue weighted by Gasteiger charge is -2.30. The van der Waals surface area contributed by atoms with E-state index < -0.39 is 0 Å². The minimum atomic E-state index is -0.231. The molecule has 1 aliphatic rings. The first-order valence-corrected chi connectivity index (χ1v) is 8.26. The molecule has 0 aliphatic carbocycles. The van der Waals surface area contributed by atoms with Gasteiger partial charge in [-0.05, 0) is 36.1 Å². The van der Waals surface area contributed by atoms with Crippen molar-refractivity contribution in [1.29, 1.82) is 0 Å². The Morgan fingerprint density at radius 1 is 1.04 bits per heavy atom. The van der Waals surface area contributed by atoms with Gasteiger partial charge in [0.05, 0.1) is 13.0 Å². The first kappa shape index (κ1) is 15.8. The van der Waals surface area contributed by atoms with E-state index in [-0.39, 0.29) is 17.9 Å². The topological polar surface area (TPSA) is 38.3 Å². The van der Waals surface area contributed by atoms with E-state index in [2.05, 4.69) is 41.7 Å². The highest BCUT2D eigenvalue weighted by atomic mass is 16.5. The van der Waals surface area contributed by atoms with Gasteiger partial charge in [0.25, 0.3) is 0 Å². The molecule has 120 valence electrons. The molecule has 0 unspecified atom stereocenters. The molecule has 0 spiro atoms. The number of carbonyl (C=O) groups excluding carboxylic acids is 1. The number of nitrogens with one attached hydrogen (secondary N) is 1. The molecule has 2 aromatic rings. The number of carbonyl (C=O) groups is 1. The highest BCUT2D eigenvalue weighted by Crippen LogP contribution is 2.28. The maximum atomic E-state index is 12.3. The van der Waals surface area contributed by atoms with Crippen molar-refractivity contribution in [1.82, 2.24) is 5.32 Å². The fourth-order valence-corrected chi connectivity index (χ4v) is 3.34. The summed E-state index contributed by atoms with van der Waals surface area (Å²) >= 11 is 0. The van der Waals surface area contributed by atoms with Gasteiger partial charge in [-0.15, -0.1) is 0 Å². The average molecular weight is 309 g/mol. The summed E-state index contributed by atoms with van der Waals surface area (Å²) in [5.74, 6) is -0.387. The van der Waals surface area contributed by atoms with E-state index >= 15 is 0 Å². The van der Waals surface area contributed by atoms with Crippen LogP contribution < -0.4 is 5.32 Å². The summed E-state index contributed by atoms with van der Waals surface area (Å²) in [6, 6.07) is 18.7. The van der Waals surface area contributed by atoms with Crippen molar-refractivity contribution in [2.75, 3.05) is 13.7 Å². The second kappa shape index (κ2) is 7.42. The Morgan fingerprint density at radius 3 is 2.35 bits per heavy atom. The predicted molar refractivity (Wildman–Crippen MR) is 92.3 cm³/mol. The summed E-state index contributed by atoms with van der Waals surface area (Å²) in [6.07, 6.45) is 3.35. The lowest BCUT2D eigenvalue weighted by Crippen LogP contribution is -2.42. The Hall–Kier alpha value is -2.13. The van der Waals surface area contributed by atoms with Crippen LogP contribution >= 0.6 is 0 Å². The fourth-order valence-electron chi connectivity index (χ4n) is 3.34. The summed E-state index contributed by atoms with van der Waals surface area (Å²) < 4.78 is 5.06. The third kappa shape index (κ3) is 3.62. The Morgan fingerprint density at radius 2 is 1.74 bits per heavy atom. The Kier molecular flexibility index (Phi) is 5.09. The SMILES string of the molecule is COC(=O)[C@@H](c1ccc(-c2ccccc2)cc1)[C@@H]1CCCCN1. The first-order valence-electron chi connectivity index (χ1n) is 8.26. The molecule has 3 rings (SSSR count). The van der Waals surface area contributed by atoms with Gasteiger partial charge in [-0.3, -0.25) is 4.79 Å². The Bertz CT molecular complexity index is 630. The molecule has 0 saturated carbocycles. The third-order valence-electron chi connectivity index (χ3n) is 4.58. The van der Waals surface area contributed by atoms with Gasteiger partial charge < -0.3 is 10.1 Å². The van der Waals surface area contributed by atoms with Crippen LogP contribution in [0, 0.1) is 0 Å². The number of rotatable bonds is 4. The summed E-state index contributed by atoms with van der Waals surface area (Å²) in [5.41, 5.74) is 3.37. The number of methoxy groups -OCH3 is 1. The van der Waals surface area contributed by atoms with Crippen LogP contribution in [0.25, 0.3) is 11.1 Å². The van der Waals surface area contributed by atoms with Crippen LogP contribution in [-0.2, 0) is 9.53 Å². The second-order valence-corrected chi connectivity index (χ2v) is 6.05. The normalized spacial score (nSPS) is 19.1. The molecular formula is C20H23NO2. The van der Waals surface area contributed by atoms with Gasteiger partial charge in [-0.1, -0.05) is 61.0 Å². The van der Waals surface area contributed by atoms with Crippen molar-refractivity contribution >= 4 is 5.97 Å². The monoisotopic (exact) mass is 309 g/mol. The van der Waals surface area contributed by atoms with Gasteiger partial charge >= 0.3 is 5.97 Å². The van der Waals surface area contributed by atoms with Crippen molar-refractivity contribution < 1.29 is 9.53 Å². The summed E-state index contributed by atoms with van der Waals surface area (Å²) in [6.45, 7) is 0.972. The Balaban J connectivity index is 1.86. The van der Waals surface area contributed by atoms with Crippen molar-refractivity contribution in [2.24, 2.45) is 0 Å². The lowest BCUT2D eigenvalue weighted by atomic mass is 9.86. The van der Waals surface area contributed by atoms with Crippen molar-refractivity contribution in [3.63, 3.8) is 0 Å². The minimum Gasteiger partial charge on any atom is -0.469 e. The van der Waals surface area contributed by atoms with Crippen LogP contribution in [0.5, 0.6) is 0 Å². The van der Waals surface area contributed by atoms with E-state index in [0.29, 0.717) is 0 Å². The largest absolute Gasteiger partial charge is 0.469 e. The van der Waals surface area contributed by atoms with E-state index in [0.717, 1.165) is 30.5 Å². The molecule has 0 bridgehead atoms. The van der Waals surface area contributed by atoms with E-state index in [1.165, 1.54) is 19.1 Å². The third-order valence-corrected chi connectivity index (χ3v) is 4.58. The summed E-state index contributed by atoms with van der Waals surface area (Å²) in [5, 5.41) is 3.48. The van der Waals surface area contributed by atoms with E-state index in [9.17, 15) is 4.79 Å². The van der Waals surface area contributed by atoms with Crippen LogP contribution in [0.2, 0.25) is 0 Å². The van der Waals surface area contributed by atoms with E-state index in [4.69, 9.17) is 4.74 Å². The van der Waals surface area contributed by atoms with Gasteiger partial charge in [0, 0.05) is 6.04 Å². The number of benzene rings is 2. The van der Waals surface area contributed by atoms with E-state index in [1.54, 1.807) is 0 Å². The molecule has 2 atom stereocenters. The van der Waals surface area contributed by atoms with E-state index in [1.807, 2.05) is 18.2 Å². The molecular weight excluding hydrogens is 286 g/mol. The van der Waals surface area contributed by atoms with Crippen LogP contribution in [0.3, 0.4) is 0 Å². The minimum absolute atomic E-state index is 0.156. The number of ether oxygens (including phenoxy) is 1. The molecule has 1 saturated heterocycles. The molecule has 0 radical (unpaired) electrons. The van der Waals surface area contributed by atoms with Crippen molar-refractivity contribution in [2.45, 2.75) is 31.2 Å². The molecule has 1 fully saturated rings. The number of hydrogen-bond acceptors (Lipinski definition) is 3. The average Bonchev–Trinajstić information content (AvgIpc) is 2.64. The van der Waals surface area contributed by atoms with Gasteiger partial charge in [-0.2, -0.15) is 0 Å². The second-order valence-electron chi connectivity index (χ2n) is 6.05. The van der Waals surface area contributed by atoms with Gasteiger partial charge in [0.15, 0.2) is 0 Å². The molecule has 2 aromatic carbocycles. The molecule has 1 N–H and O–H groups in total. The van der Waals surface area contributed by atoms with Crippen molar-refractivity contribution in [3.05, 3.63) is 60.2 Å². The highest BCUT2D eigenvalue weighted by molar-refractivity contribution is 5.79. The van der Waals surface area contributed by atoms with Crippen LogP contribution in [-0.4, -0.2) is 25.7 Å². The van der Waals surface area contributed by atoms with Crippen LogP contribution in [0.15, 0.2) is 54.6 Å². The predicted octanol–water partition coefficient (Wildman–Crippen LogP) is 3.75. The molecule has 0 amide bonds. The zero-order valence-electron chi connectivity index (χ0n) is 13.5. The maximum Gasteiger partial charge on any atom is 0.314 e. The van der Waals surface area contributed by atoms with Gasteiger partial charge in [0.2, 0.25) is 0 Å². The van der Waals surface area contributed by atoms with Crippen LogP contribution in [0.1, 0.15) is 30.7 Å². The summed E-state index contributed by atoms with van der Waals surface area (Å²) in [4.78, 5) is 12.3. The molecule has 0 aromatic heterocycles. The van der Waals surface area contributed by atoms with Gasteiger partial charge in [-0.25, -0.2) is 0 Å².